The first-order valence-electron chi connectivity index (χ1n) is 7.57. The Morgan fingerprint density at radius 2 is 2.10 bits per heavy atom. The summed E-state index contributed by atoms with van der Waals surface area (Å²) in [5.74, 6) is 0.547. The fourth-order valence-electron chi connectivity index (χ4n) is 2.97. The highest BCUT2D eigenvalue weighted by molar-refractivity contribution is 7.73. The Morgan fingerprint density at radius 1 is 1.33 bits per heavy atom. The molecule has 116 valence electrons. The van der Waals surface area contributed by atoms with Crippen molar-refractivity contribution >= 4 is 35.3 Å². The van der Waals surface area contributed by atoms with Crippen LogP contribution in [0.25, 0.3) is 0 Å². The number of carbonyl (C=O) groups excluding carboxylic acids is 1. The zero-order valence-electron chi connectivity index (χ0n) is 12.0. The summed E-state index contributed by atoms with van der Waals surface area (Å²) in [6, 6.07) is 0. The number of nitrogens with two attached hydrogens (primary N) is 1. The number of likely N-dealkylation sites (tertiary alicyclic amines) is 1. The van der Waals surface area contributed by atoms with Crippen LogP contribution in [0.5, 0.6) is 0 Å². The molecule has 1 aromatic rings. The van der Waals surface area contributed by atoms with Gasteiger partial charge in [0.1, 0.15) is 10.7 Å². The number of aromatic nitrogens is 1. The average Bonchev–Trinajstić information content (AvgIpc) is 3.11. The summed E-state index contributed by atoms with van der Waals surface area (Å²) < 4.78 is 8.18. The number of anilines is 1. The molecule has 0 unspecified atom stereocenters. The summed E-state index contributed by atoms with van der Waals surface area (Å²) in [5, 5.41) is 0. The van der Waals surface area contributed by atoms with Gasteiger partial charge in [0.25, 0.3) is 5.91 Å². The average molecular weight is 327 g/mol. The third-order valence-corrected chi connectivity index (χ3v) is 5.63. The number of hydrogen-bond acceptors (Lipinski definition) is 5. The Hall–Kier alpha value is -0.920. The molecule has 21 heavy (non-hydrogen) atoms. The molecule has 1 amide bonds. The van der Waals surface area contributed by atoms with E-state index in [0.29, 0.717) is 21.2 Å². The van der Waals surface area contributed by atoms with Gasteiger partial charge in [-0.3, -0.25) is 4.79 Å². The van der Waals surface area contributed by atoms with E-state index in [1.165, 1.54) is 17.8 Å². The molecular weight excluding hydrogens is 306 g/mol. The largest absolute Gasteiger partial charge is 0.384 e. The lowest BCUT2D eigenvalue weighted by atomic mass is 10.1. The van der Waals surface area contributed by atoms with Gasteiger partial charge in [-0.25, -0.2) is 0 Å². The molecular formula is C14H21N3O2S2. The summed E-state index contributed by atoms with van der Waals surface area (Å²) in [6.07, 6.45) is 5.65. The molecule has 0 aliphatic carbocycles. The van der Waals surface area contributed by atoms with Crippen molar-refractivity contribution in [1.29, 1.82) is 0 Å². The Balaban J connectivity index is 1.79. The molecule has 2 aliphatic rings. The first-order valence-corrected chi connectivity index (χ1v) is 8.79. The van der Waals surface area contributed by atoms with Crippen molar-refractivity contribution in [1.82, 2.24) is 9.47 Å². The molecule has 1 atom stereocenters. The summed E-state index contributed by atoms with van der Waals surface area (Å²) in [6.45, 7) is 3.12. The van der Waals surface area contributed by atoms with E-state index < -0.39 is 0 Å². The number of amides is 1. The summed E-state index contributed by atoms with van der Waals surface area (Å²) in [5.41, 5.74) is 6.19. The van der Waals surface area contributed by atoms with Gasteiger partial charge >= 0.3 is 0 Å². The molecule has 7 heteroatoms. The maximum absolute atomic E-state index is 12.6. The topological polar surface area (TPSA) is 60.5 Å². The van der Waals surface area contributed by atoms with Gasteiger partial charge in [0.2, 0.25) is 0 Å². The Kier molecular flexibility index (Phi) is 4.61. The number of hydrogen-bond donors (Lipinski definition) is 1. The maximum Gasteiger partial charge on any atom is 0.267 e. The van der Waals surface area contributed by atoms with Gasteiger partial charge in [0.05, 0.1) is 12.6 Å². The highest BCUT2D eigenvalue weighted by atomic mass is 32.1. The van der Waals surface area contributed by atoms with Crippen molar-refractivity contribution < 1.29 is 9.53 Å². The van der Waals surface area contributed by atoms with Gasteiger partial charge in [-0.05, 0) is 44.3 Å². The van der Waals surface area contributed by atoms with Crippen LogP contribution in [0.1, 0.15) is 41.8 Å². The number of carbonyl (C=O) groups is 1. The minimum Gasteiger partial charge on any atom is -0.384 e. The van der Waals surface area contributed by atoms with Crippen LogP contribution in [0.4, 0.5) is 5.82 Å². The smallest absolute Gasteiger partial charge is 0.267 e. The van der Waals surface area contributed by atoms with Crippen LogP contribution < -0.4 is 5.73 Å². The Labute approximate surface area is 133 Å². The molecule has 2 saturated heterocycles. The van der Waals surface area contributed by atoms with Crippen molar-refractivity contribution in [3.8, 4) is 0 Å². The van der Waals surface area contributed by atoms with Crippen LogP contribution in [0, 0.1) is 3.95 Å². The molecule has 3 heterocycles. The number of thiazole rings is 1. The highest BCUT2D eigenvalue weighted by Crippen LogP contribution is 2.27. The van der Waals surface area contributed by atoms with E-state index in [1.54, 1.807) is 0 Å². The van der Waals surface area contributed by atoms with Gasteiger partial charge in [-0.2, -0.15) is 0 Å². The SMILES string of the molecule is Nc1c(C(=O)N2CCCCC2)sc(=S)n1C[C@H]1CCCO1. The van der Waals surface area contributed by atoms with Gasteiger partial charge in [0.15, 0.2) is 3.95 Å². The highest BCUT2D eigenvalue weighted by Gasteiger charge is 2.25. The summed E-state index contributed by atoms with van der Waals surface area (Å²) in [7, 11) is 0. The molecule has 2 fully saturated rings. The molecule has 5 nitrogen and oxygen atoms in total. The second-order valence-electron chi connectivity index (χ2n) is 5.68. The predicted molar refractivity (Wildman–Crippen MR) is 86.3 cm³/mol. The van der Waals surface area contributed by atoms with Crippen LogP contribution in [0.15, 0.2) is 0 Å². The fourth-order valence-corrected chi connectivity index (χ4v) is 4.29. The van der Waals surface area contributed by atoms with Gasteiger partial charge in [0, 0.05) is 19.7 Å². The van der Waals surface area contributed by atoms with E-state index in [0.717, 1.165) is 45.4 Å². The molecule has 0 spiro atoms. The second-order valence-corrected chi connectivity index (χ2v) is 7.33. The molecule has 2 aliphatic heterocycles. The number of nitrogens with zero attached hydrogens (tertiary/aromatic N) is 2. The van der Waals surface area contributed by atoms with Gasteiger partial charge in [-0.1, -0.05) is 11.3 Å². The van der Waals surface area contributed by atoms with Crippen molar-refractivity contribution in [3.63, 3.8) is 0 Å². The minimum atomic E-state index is 0.0365. The zero-order chi connectivity index (χ0) is 14.8. The molecule has 0 aromatic carbocycles. The number of rotatable bonds is 3. The Bertz CT molecular complexity index is 569. The number of piperidine rings is 1. The van der Waals surface area contributed by atoms with E-state index >= 15 is 0 Å². The van der Waals surface area contributed by atoms with Crippen LogP contribution in [0.2, 0.25) is 0 Å². The van der Waals surface area contributed by atoms with Crippen molar-refractivity contribution in [2.45, 2.75) is 44.8 Å². The zero-order valence-corrected chi connectivity index (χ0v) is 13.7. The van der Waals surface area contributed by atoms with Crippen LogP contribution in [0.3, 0.4) is 0 Å². The fraction of sp³-hybridized carbons (Fsp3) is 0.714. The number of ether oxygens (including phenoxy) is 1. The molecule has 3 rings (SSSR count). The monoisotopic (exact) mass is 327 g/mol. The molecule has 0 bridgehead atoms. The summed E-state index contributed by atoms with van der Waals surface area (Å²) >= 11 is 6.72. The van der Waals surface area contributed by atoms with Crippen LogP contribution >= 0.6 is 23.6 Å². The lowest BCUT2D eigenvalue weighted by Crippen LogP contribution is -2.35. The molecule has 0 saturated carbocycles. The van der Waals surface area contributed by atoms with E-state index in [9.17, 15) is 4.79 Å². The first-order chi connectivity index (χ1) is 10.2. The van der Waals surface area contributed by atoms with Crippen LogP contribution in [-0.4, -0.2) is 41.2 Å². The third kappa shape index (κ3) is 3.14. The summed E-state index contributed by atoms with van der Waals surface area (Å²) in [4.78, 5) is 15.1. The third-order valence-electron chi connectivity index (χ3n) is 4.18. The second kappa shape index (κ2) is 6.46. The lowest BCUT2D eigenvalue weighted by molar-refractivity contribution is 0.0728. The Morgan fingerprint density at radius 3 is 2.76 bits per heavy atom. The van der Waals surface area contributed by atoms with Crippen LogP contribution in [-0.2, 0) is 11.3 Å². The minimum absolute atomic E-state index is 0.0365. The van der Waals surface area contributed by atoms with Crippen molar-refractivity contribution in [2.75, 3.05) is 25.4 Å². The standard InChI is InChI=1S/C14H21N3O2S2/c15-12-11(13(18)16-6-2-1-3-7-16)21-14(20)17(12)9-10-5-4-8-19-10/h10H,1-9,15H2/t10-/m1/s1. The molecule has 2 N–H and O–H groups in total. The normalized spacial score (nSPS) is 22.7. The molecule has 1 aromatic heterocycles. The van der Waals surface area contributed by atoms with Gasteiger partial charge < -0.3 is 19.9 Å². The van der Waals surface area contributed by atoms with E-state index in [2.05, 4.69) is 0 Å². The van der Waals surface area contributed by atoms with E-state index in [1.807, 2.05) is 9.47 Å². The van der Waals surface area contributed by atoms with E-state index in [4.69, 9.17) is 22.7 Å². The van der Waals surface area contributed by atoms with Gasteiger partial charge in [-0.15, -0.1) is 0 Å². The predicted octanol–water partition coefficient (Wildman–Crippen LogP) is 2.67. The first kappa shape index (κ1) is 15.0. The quantitative estimate of drug-likeness (QED) is 0.867. The van der Waals surface area contributed by atoms with E-state index in [-0.39, 0.29) is 12.0 Å². The lowest BCUT2D eigenvalue weighted by Gasteiger charge is -2.26. The molecule has 0 radical (unpaired) electrons. The van der Waals surface area contributed by atoms with Crippen molar-refractivity contribution in [2.24, 2.45) is 0 Å². The maximum atomic E-state index is 12.6. The van der Waals surface area contributed by atoms with Crippen molar-refractivity contribution in [3.05, 3.63) is 8.83 Å². The number of nitrogen functional groups attached to an aromatic ring is 1.